The van der Waals surface area contributed by atoms with Crippen molar-refractivity contribution in [2.24, 2.45) is 0 Å². The molecule has 0 radical (unpaired) electrons. The number of rotatable bonds is 3. The van der Waals surface area contributed by atoms with Gasteiger partial charge >= 0.3 is 7.82 Å². The Labute approximate surface area is 122 Å². The molecule has 0 atom stereocenters. The van der Waals surface area contributed by atoms with E-state index in [1.165, 1.54) is 0 Å². The molecule has 1 aliphatic rings. The molecule has 0 unspecified atom stereocenters. The molecule has 21 heavy (non-hydrogen) atoms. The zero-order chi connectivity index (χ0) is 16.2. The molecule has 2 rings (SSSR count). The monoisotopic (exact) mass is 315 g/mol. The van der Waals surface area contributed by atoms with Crippen LogP contribution in [0.4, 0.5) is 0 Å². The van der Waals surface area contributed by atoms with E-state index in [-0.39, 0.29) is 11.8 Å². The van der Waals surface area contributed by atoms with E-state index in [1.54, 1.807) is 6.07 Å². The summed E-state index contributed by atoms with van der Waals surface area (Å²) in [4.78, 5) is 38.4. The fourth-order valence-corrected chi connectivity index (χ4v) is 2.11. The molecule has 0 saturated carbocycles. The second-order valence-electron chi connectivity index (χ2n) is 4.29. The van der Waals surface area contributed by atoms with Crippen molar-refractivity contribution in [3.63, 3.8) is 0 Å². The van der Waals surface area contributed by atoms with E-state index in [2.05, 4.69) is 16.8 Å². The van der Waals surface area contributed by atoms with E-state index in [4.69, 9.17) is 9.79 Å². The fourth-order valence-electron chi connectivity index (χ4n) is 2.11. The minimum atomic E-state index is -4.15. The van der Waals surface area contributed by atoms with E-state index in [1.807, 2.05) is 13.0 Å². The second kappa shape index (κ2) is 6.95. The van der Waals surface area contributed by atoms with Crippen LogP contribution in [0.25, 0.3) is 0 Å². The van der Waals surface area contributed by atoms with Crippen molar-refractivity contribution >= 4 is 19.6 Å². The normalized spacial score (nSPS) is 13.4. The predicted octanol–water partition coefficient (Wildman–Crippen LogP) is 1.42. The predicted molar refractivity (Wildman–Crippen MR) is 76.0 cm³/mol. The molecule has 1 aromatic rings. The molecular weight excluding hydrogens is 297 g/mol. The maximum absolute atomic E-state index is 11.6. The van der Waals surface area contributed by atoms with Crippen molar-refractivity contribution in [3.05, 3.63) is 34.4 Å². The number of aryl methyl sites for hydroxylation is 1. The summed E-state index contributed by atoms with van der Waals surface area (Å²) in [7, 11) is -3.20. The SMILES string of the molecule is CCc1ccc2c(c1CC)C(=O)NC2=O.COP(=O)(O)O. The van der Waals surface area contributed by atoms with Gasteiger partial charge in [0.05, 0.1) is 11.1 Å². The molecule has 0 aromatic heterocycles. The van der Waals surface area contributed by atoms with Crippen LogP contribution in [0.3, 0.4) is 0 Å². The highest BCUT2D eigenvalue weighted by Crippen LogP contribution is 2.33. The molecule has 0 fully saturated rings. The standard InChI is InChI=1S/C12H13NO2.CH5O4P/c1-3-7-5-6-9-10(8(7)4-2)12(15)13-11(9)14;1-5-6(2,3)4/h5-6H,3-4H2,1-2H3,(H,13,14,15);1H3,(H2,2,3,4). The molecule has 116 valence electrons. The Hall–Kier alpha value is -1.53. The average molecular weight is 315 g/mol. The van der Waals surface area contributed by atoms with E-state index in [0.717, 1.165) is 31.1 Å². The van der Waals surface area contributed by atoms with Crippen LogP contribution in [0, 0.1) is 0 Å². The van der Waals surface area contributed by atoms with Crippen LogP contribution >= 0.6 is 7.82 Å². The summed E-state index contributed by atoms with van der Waals surface area (Å²) in [6, 6.07) is 3.68. The Balaban J connectivity index is 0.000000315. The first-order valence-corrected chi connectivity index (χ1v) is 7.89. The number of nitrogens with one attached hydrogen (secondary N) is 1. The lowest BCUT2D eigenvalue weighted by Crippen LogP contribution is -2.20. The number of carbonyl (C=O) groups excluding carboxylic acids is 2. The van der Waals surface area contributed by atoms with Gasteiger partial charge in [-0.15, -0.1) is 0 Å². The number of hydrogen-bond acceptors (Lipinski definition) is 4. The first-order chi connectivity index (χ1) is 9.75. The maximum atomic E-state index is 11.6. The smallest absolute Gasteiger partial charge is 0.303 e. The molecule has 1 aliphatic heterocycles. The Kier molecular flexibility index (Phi) is 5.80. The minimum Gasteiger partial charge on any atom is -0.303 e. The van der Waals surface area contributed by atoms with Gasteiger partial charge in [-0.05, 0) is 30.0 Å². The molecular formula is C13H18NO6P. The first kappa shape index (κ1) is 17.5. The zero-order valence-electron chi connectivity index (χ0n) is 12.0. The molecule has 1 aromatic carbocycles. The lowest BCUT2D eigenvalue weighted by Gasteiger charge is -2.08. The molecule has 0 saturated heterocycles. The number of amides is 2. The van der Waals surface area contributed by atoms with Crippen LogP contribution in [-0.2, 0) is 21.9 Å². The van der Waals surface area contributed by atoms with Crippen molar-refractivity contribution in [2.75, 3.05) is 7.11 Å². The highest BCUT2D eigenvalue weighted by molar-refractivity contribution is 7.46. The third-order valence-corrected chi connectivity index (χ3v) is 3.56. The van der Waals surface area contributed by atoms with E-state index in [0.29, 0.717) is 11.1 Å². The third kappa shape index (κ3) is 4.22. The van der Waals surface area contributed by atoms with Gasteiger partial charge in [-0.2, -0.15) is 0 Å². The summed E-state index contributed by atoms with van der Waals surface area (Å²) in [5.74, 6) is -0.519. The topological polar surface area (TPSA) is 113 Å². The summed E-state index contributed by atoms with van der Waals surface area (Å²) < 4.78 is 13.1. The number of phosphoric ester groups is 1. The van der Waals surface area contributed by atoms with Crippen LogP contribution < -0.4 is 5.32 Å². The van der Waals surface area contributed by atoms with Gasteiger partial charge in [0.25, 0.3) is 11.8 Å². The van der Waals surface area contributed by atoms with Crippen molar-refractivity contribution in [3.8, 4) is 0 Å². The van der Waals surface area contributed by atoms with Crippen molar-refractivity contribution in [1.82, 2.24) is 5.32 Å². The van der Waals surface area contributed by atoms with Crippen LogP contribution in [0.5, 0.6) is 0 Å². The number of carbonyl (C=O) groups is 2. The van der Waals surface area contributed by atoms with E-state index < -0.39 is 7.82 Å². The third-order valence-electron chi connectivity index (χ3n) is 3.08. The first-order valence-electron chi connectivity index (χ1n) is 6.36. The molecule has 0 aliphatic carbocycles. The van der Waals surface area contributed by atoms with Gasteiger partial charge in [0.15, 0.2) is 0 Å². The summed E-state index contributed by atoms with van der Waals surface area (Å²) in [5, 5.41) is 2.33. The largest absolute Gasteiger partial charge is 0.469 e. The Morgan fingerprint density at radius 3 is 2.14 bits per heavy atom. The van der Waals surface area contributed by atoms with Crippen molar-refractivity contribution in [2.45, 2.75) is 26.7 Å². The summed E-state index contributed by atoms with van der Waals surface area (Å²) >= 11 is 0. The van der Waals surface area contributed by atoms with Crippen molar-refractivity contribution < 1.29 is 28.5 Å². The van der Waals surface area contributed by atoms with Crippen LogP contribution in [-0.4, -0.2) is 28.7 Å². The molecule has 1 heterocycles. The lowest BCUT2D eigenvalue weighted by molar-refractivity contribution is 0.0879. The highest BCUT2D eigenvalue weighted by Gasteiger charge is 2.29. The van der Waals surface area contributed by atoms with E-state index in [9.17, 15) is 14.2 Å². The Morgan fingerprint density at radius 1 is 1.14 bits per heavy atom. The summed E-state index contributed by atoms with van der Waals surface area (Å²) in [5.41, 5.74) is 3.27. The van der Waals surface area contributed by atoms with Crippen LogP contribution in [0.1, 0.15) is 45.7 Å². The fraction of sp³-hybridized carbons (Fsp3) is 0.385. The number of hydrogen-bond donors (Lipinski definition) is 3. The average Bonchev–Trinajstić information content (AvgIpc) is 2.73. The molecule has 7 nitrogen and oxygen atoms in total. The van der Waals surface area contributed by atoms with Crippen molar-refractivity contribution in [1.29, 1.82) is 0 Å². The van der Waals surface area contributed by atoms with Crippen LogP contribution in [0.15, 0.2) is 12.1 Å². The van der Waals surface area contributed by atoms with Gasteiger partial charge in [0, 0.05) is 7.11 Å². The molecule has 0 bridgehead atoms. The number of imide groups is 1. The summed E-state index contributed by atoms with van der Waals surface area (Å²) in [6.07, 6.45) is 1.67. The summed E-state index contributed by atoms with van der Waals surface area (Å²) in [6.45, 7) is 4.06. The van der Waals surface area contributed by atoms with Gasteiger partial charge in [0.2, 0.25) is 0 Å². The van der Waals surface area contributed by atoms with Gasteiger partial charge in [-0.1, -0.05) is 19.9 Å². The Morgan fingerprint density at radius 2 is 1.71 bits per heavy atom. The Bertz CT molecular complexity index is 607. The van der Waals surface area contributed by atoms with Crippen LogP contribution in [0.2, 0.25) is 0 Å². The van der Waals surface area contributed by atoms with E-state index >= 15 is 0 Å². The number of benzene rings is 1. The lowest BCUT2D eigenvalue weighted by atomic mass is 9.94. The van der Waals surface area contributed by atoms with Gasteiger partial charge in [-0.25, -0.2) is 4.57 Å². The van der Waals surface area contributed by atoms with Gasteiger partial charge in [-0.3, -0.25) is 19.4 Å². The molecule has 2 amide bonds. The highest BCUT2D eigenvalue weighted by atomic mass is 31.2. The minimum absolute atomic E-state index is 0.248. The number of phosphoric acid groups is 1. The molecule has 0 spiro atoms. The molecule has 3 N–H and O–H groups in total. The zero-order valence-corrected chi connectivity index (χ0v) is 12.9. The van der Waals surface area contributed by atoms with Gasteiger partial charge < -0.3 is 9.79 Å². The maximum Gasteiger partial charge on any atom is 0.469 e. The van der Waals surface area contributed by atoms with Gasteiger partial charge in [0.1, 0.15) is 0 Å². The number of fused-ring (bicyclic) bond motifs is 1. The second-order valence-corrected chi connectivity index (χ2v) is 5.64. The quantitative estimate of drug-likeness (QED) is 0.574. The molecule has 8 heteroatoms.